The van der Waals surface area contributed by atoms with Gasteiger partial charge in [-0.25, -0.2) is 8.78 Å². The summed E-state index contributed by atoms with van der Waals surface area (Å²) in [7, 11) is 1.58. The van der Waals surface area contributed by atoms with Crippen LogP contribution < -0.4 is 10.1 Å². The number of aromatic nitrogens is 1. The zero-order valence-electron chi connectivity index (χ0n) is 11.3. The molecular formula is C13H20F2N2O. The van der Waals surface area contributed by atoms with E-state index in [0.29, 0.717) is 12.2 Å². The van der Waals surface area contributed by atoms with Crippen molar-refractivity contribution in [1.29, 1.82) is 0 Å². The van der Waals surface area contributed by atoms with Crippen LogP contribution in [-0.4, -0.2) is 31.1 Å². The Morgan fingerprint density at radius 1 is 1.39 bits per heavy atom. The predicted molar refractivity (Wildman–Crippen MR) is 67.4 cm³/mol. The number of nitrogens with one attached hydrogen (secondary N) is 1. The highest BCUT2D eigenvalue weighted by atomic mass is 19.3. The molecule has 1 rings (SSSR count). The summed E-state index contributed by atoms with van der Waals surface area (Å²) >= 11 is 0. The first-order valence-electron chi connectivity index (χ1n) is 6.01. The fourth-order valence-electron chi connectivity index (χ4n) is 2.00. The van der Waals surface area contributed by atoms with Crippen molar-refractivity contribution in [2.45, 2.75) is 39.7 Å². The van der Waals surface area contributed by atoms with E-state index in [1.54, 1.807) is 13.3 Å². The van der Waals surface area contributed by atoms with Crippen LogP contribution in [0.15, 0.2) is 6.20 Å². The molecule has 1 heterocycles. The first-order valence-corrected chi connectivity index (χ1v) is 6.01. The van der Waals surface area contributed by atoms with Crippen LogP contribution in [0.4, 0.5) is 8.78 Å². The Morgan fingerprint density at radius 3 is 2.56 bits per heavy atom. The Hall–Kier alpha value is -1.23. The van der Waals surface area contributed by atoms with Crippen LogP contribution in [0.1, 0.15) is 23.7 Å². The first-order chi connectivity index (χ1) is 8.51. The molecule has 0 aliphatic rings. The molecule has 0 aliphatic carbocycles. The molecule has 1 unspecified atom stereocenters. The van der Waals surface area contributed by atoms with Crippen molar-refractivity contribution in [3.8, 4) is 5.75 Å². The molecule has 0 saturated heterocycles. The number of halogens is 2. The topological polar surface area (TPSA) is 34.2 Å². The van der Waals surface area contributed by atoms with Crippen LogP contribution >= 0.6 is 0 Å². The molecule has 0 radical (unpaired) electrons. The number of rotatable bonds is 6. The Bertz CT molecular complexity index is 397. The minimum Gasteiger partial charge on any atom is -0.496 e. The van der Waals surface area contributed by atoms with Crippen molar-refractivity contribution >= 4 is 0 Å². The molecular weight excluding hydrogens is 238 g/mol. The average molecular weight is 258 g/mol. The van der Waals surface area contributed by atoms with Crippen molar-refractivity contribution in [3.63, 3.8) is 0 Å². The van der Waals surface area contributed by atoms with E-state index < -0.39 is 12.5 Å². The molecule has 0 fully saturated rings. The molecule has 1 atom stereocenters. The van der Waals surface area contributed by atoms with Gasteiger partial charge in [0.2, 0.25) is 0 Å². The third-order valence-corrected chi connectivity index (χ3v) is 2.93. The number of nitrogens with zero attached hydrogens (tertiary/aromatic N) is 1. The van der Waals surface area contributed by atoms with E-state index in [1.807, 2.05) is 20.8 Å². The quantitative estimate of drug-likeness (QED) is 0.851. The Labute approximate surface area is 107 Å². The lowest BCUT2D eigenvalue weighted by Crippen LogP contribution is -2.37. The van der Waals surface area contributed by atoms with Crippen LogP contribution in [0.5, 0.6) is 5.75 Å². The fraction of sp³-hybridized carbons (Fsp3) is 0.615. The molecule has 0 aromatic carbocycles. The molecule has 0 bridgehead atoms. The summed E-state index contributed by atoms with van der Waals surface area (Å²) < 4.78 is 31.0. The molecule has 0 saturated carbocycles. The first kappa shape index (κ1) is 14.8. The molecule has 102 valence electrons. The molecule has 1 aromatic heterocycles. The van der Waals surface area contributed by atoms with Crippen molar-refractivity contribution < 1.29 is 13.5 Å². The van der Waals surface area contributed by atoms with E-state index in [2.05, 4.69) is 10.3 Å². The second kappa shape index (κ2) is 6.64. The predicted octanol–water partition coefficient (Wildman–Crippen LogP) is 2.49. The molecule has 3 nitrogen and oxygen atoms in total. The van der Waals surface area contributed by atoms with E-state index in [9.17, 15) is 8.78 Å². The second-order valence-corrected chi connectivity index (χ2v) is 4.25. The van der Waals surface area contributed by atoms with E-state index in [1.165, 1.54) is 0 Å². The maximum Gasteiger partial charge on any atom is 0.254 e. The SMILES string of the molecule is CCNC(Cc1ncc(C)c(OC)c1C)C(F)F. The number of hydrogen-bond acceptors (Lipinski definition) is 3. The van der Waals surface area contributed by atoms with Crippen LogP contribution in [0, 0.1) is 13.8 Å². The van der Waals surface area contributed by atoms with Gasteiger partial charge in [0.25, 0.3) is 6.43 Å². The van der Waals surface area contributed by atoms with Gasteiger partial charge in [-0.05, 0) is 20.4 Å². The number of likely N-dealkylation sites (N-methyl/N-ethyl adjacent to an activating group) is 1. The third-order valence-electron chi connectivity index (χ3n) is 2.93. The minimum atomic E-state index is -2.40. The third kappa shape index (κ3) is 3.38. The highest BCUT2D eigenvalue weighted by Crippen LogP contribution is 2.25. The number of ether oxygens (including phenoxy) is 1. The standard InChI is InChI=1S/C13H20F2N2O/c1-5-16-11(13(14)15)6-10-9(3)12(18-4)8(2)7-17-10/h7,11,13,16H,5-6H2,1-4H3. The molecule has 5 heteroatoms. The molecule has 1 aromatic rings. The summed E-state index contributed by atoms with van der Waals surface area (Å²) in [5.74, 6) is 0.726. The Balaban J connectivity index is 2.96. The molecule has 0 aliphatic heterocycles. The summed E-state index contributed by atoms with van der Waals surface area (Å²) in [4.78, 5) is 4.24. The molecule has 1 N–H and O–H groups in total. The Kier molecular flexibility index (Phi) is 5.47. The van der Waals surface area contributed by atoms with Gasteiger partial charge in [0.1, 0.15) is 5.75 Å². The van der Waals surface area contributed by atoms with Crippen molar-refractivity contribution in [3.05, 3.63) is 23.0 Å². The van der Waals surface area contributed by atoms with Crippen molar-refractivity contribution in [1.82, 2.24) is 10.3 Å². The zero-order chi connectivity index (χ0) is 13.7. The van der Waals surface area contributed by atoms with Gasteiger partial charge < -0.3 is 10.1 Å². The van der Waals surface area contributed by atoms with Crippen molar-refractivity contribution in [2.24, 2.45) is 0 Å². The Morgan fingerprint density at radius 2 is 2.06 bits per heavy atom. The van der Waals surface area contributed by atoms with Gasteiger partial charge in [-0.2, -0.15) is 0 Å². The van der Waals surface area contributed by atoms with Crippen molar-refractivity contribution in [2.75, 3.05) is 13.7 Å². The number of pyridine rings is 1. The monoisotopic (exact) mass is 258 g/mol. The zero-order valence-corrected chi connectivity index (χ0v) is 11.3. The lowest BCUT2D eigenvalue weighted by Gasteiger charge is -2.19. The normalized spacial score (nSPS) is 12.8. The van der Waals surface area contributed by atoms with Crippen LogP contribution in [0.25, 0.3) is 0 Å². The highest BCUT2D eigenvalue weighted by Gasteiger charge is 2.22. The summed E-state index contributed by atoms with van der Waals surface area (Å²) in [5, 5.41) is 2.78. The number of methoxy groups -OCH3 is 1. The largest absolute Gasteiger partial charge is 0.496 e. The second-order valence-electron chi connectivity index (χ2n) is 4.25. The lowest BCUT2D eigenvalue weighted by molar-refractivity contribution is 0.0985. The summed E-state index contributed by atoms with van der Waals surface area (Å²) in [6.07, 6.45) is -0.540. The summed E-state index contributed by atoms with van der Waals surface area (Å²) in [6.45, 7) is 6.06. The smallest absolute Gasteiger partial charge is 0.254 e. The number of hydrogen-bond donors (Lipinski definition) is 1. The maximum atomic E-state index is 12.8. The van der Waals surface area contributed by atoms with Gasteiger partial charge in [0.05, 0.1) is 13.2 Å². The van der Waals surface area contributed by atoms with Gasteiger partial charge in [-0.15, -0.1) is 0 Å². The number of aryl methyl sites for hydroxylation is 1. The van der Waals surface area contributed by atoms with Gasteiger partial charge in [0, 0.05) is 29.4 Å². The van der Waals surface area contributed by atoms with E-state index in [4.69, 9.17) is 4.74 Å². The van der Waals surface area contributed by atoms with Gasteiger partial charge in [-0.1, -0.05) is 6.92 Å². The van der Waals surface area contributed by atoms with Gasteiger partial charge in [-0.3, -0.25) is 4.98 Å². The highest BCUT2D eigenvalue weighted by molar-refractivity contribution is 5.41. The van der Waals surface area contributed by atoms with Gasteiger partial charge >= 0.3 is 0 Å². The van der Waals surface area contributed by atoms with Crippen LogP contribution in [-0.2, 0) is 6.42 Å². The average Bonchev–Trinajstić information content (AvgIpc) is 2.32. The van der Waals surface area contributed by atoms with E-state index >= 15 is 0 Å². The molecule has 0 amide bonds. The van der Waals surface area contributed by atoms with E-state index in [-0.39, 0.29) is 6.42 Å². The number of alkyl halides is 2. The van der Waals surface area contributed by atoms with Crippen LogP contribution in [0.3, 0.4) is 0 Å². The summed E-state index contributed by atoms with van der Waals surface area (Å²) in [5.41, 5.74) is 2.40. The molecule has 0 spiro atoms. The summed E-state index contributed by atoms with van der Waals surface area (Å²) in [6, 6.07) is -0.867. The minimum absolute atomic E-state index is 0.202. The van der Waals surface area contributed by atoms with E-state index in [0.717, 1.165) is 16.9 Å². The fourth-order valence-corrected chi connectivity index (χ4v) is 2.00. The maximum absolute atomic E-state index is 12.8. The van der Waals surface area contributed by atoms with Gasteiger partial charge in [0.15, 0.2) is 0 Å². The lowest BCUT2D eigenvalue weighted by atomic mass is 10.0. The van der Waals surface area contributed by atoms with Crippen LogP contribution in [0.2, 0.25) is 0 Å². The molecule has 18 heavy (non-hydrogen) atoms.